The minimum absolute atomic E-state index is 0.271. The van der Waals surface area contributed by atoms with Crippen LogP contribution in [0.15, 0.2) is 36.5 Å². The van der Waals surface area contributed by atoms with Crippen LogP contribution in [0.3, 0.4) is 0 Å². The van der Waals surface area contributed by atoms with Gasteiger partial charge in [-0.3, -0.25) is 4.68 Å². The molecule has 0 amide bonds. The molecule has 1 N–H and O–H groups in total. The molecule has 0 spiro atoms. The van der Waals surface area contributed by atoms with E-state index in [-0.39, 0.29) is 5.82 Å². The highest BCUT2D eigenvalue weighted by Crippen LogP contribution is 2.35. The van der Waals surface area contributed by atoms with Crippen LogP contribution in [0.1, 0.15) is 18.5 Å². The second kappa shape index (κ2) is 7.88. The topological polar surface area (TPSA) is 74.1 Å². The number of halogens is 1. The number of anilines is 1. The quantitative estimate of drug-likeness (QED) is 0.731. The fraction of sp³-hybridized carbons (Fsp3) is 0.381. The number of benzene rings is 1. The first kappa shape index (κ1) is 18.2. The maximum absolute atomic E-state index is 13.4. The Bertz CT molecular complexity index is 999. The first-order valence-corrected chi connectivity index (χ1v) is 9.89. The molecule has 2 aromatic heterocycles. The number of rotatable bonds is 4. The third-order valence-electron chi connectivity index (χ3n) is 5.33. The van der Waals surface area contributed by atoms with Crippen molar-refractivity contribution in [1.82, 2.24) is 19.7 Å². The molecule has 0 atom stereocenters. The van der Waals surface area contributed by atoms with Crippen LogP contribution in [0.5, 0.6) is 0 Å². The van der Waals surface area contributed by atoms with Gasteiger partial charge in [0.2, 0.25) is 5.95 Å². The van der Waals surface area contributed by atoms with E-state index in [0.717, 1.165) is 54.3 Å². The van der Waals surface area contributed by atoms with Crippen molar-refractivity contribution >= 4 is 5.95 Å². The van der Waals surface area contributed by atoms with Gasteiger partial charge in [0.05, 0.1) is 36.7 Å². The summed E-state index contributed by atoms with van der Waals surface area (Å²) >= 11 is 0. The van der Waals surface area contributed by atoms with E-state index >= 15 is 0 Å². The summed E-state index contributed by atoms with van der Waals surface area (Å²) in [4.78, 5) is 9.17. The highest BCUT2D eigenvalue weighted by atomic mass is 19.1. The van der Waals surface area contributed by atoms with Gasteiger partial charge in [-0.1, -0.05) is 0 Å². The number of hydrogen-bond donors (Lipinski definition) is 1. The first-order valence-electron chi connectivity index (χ1n) is 9.89. The Hall–Kier alpha value is -2.84. The molecule has 150 valence electrons. The summed E-state index contributed by atoms with van der Waals surface area (Å²) in [6, 6.07) is 8.58. The predicted molar refractivity (Wildman–Crippen MR) is 106 cm³/mol. The Morgan fingerprint density at radius 2 is 1.86 bits per heavy atom. The molecule has 0 radical (unpaired) electrons. The summed E-state index contributed by atoms with van der Waals surface area (Å²) in [5.74, 6) is 0.323. The highest BCUT2D eigenvalue weighted by molar-refractivity contribution is 5.81. The van der Waals surface area contributed by atoms with Gasteiger partial charge in [-0.15, -0.1) is 0 Å². The molecule has 1 aromatic carbocycles. The van der Waals surface area contributed by atoms with Crippen LogP contribution in [-0.2, 0) is 22.6 Å². The lowest BCUT2D eigenvalue weighted by molar-refractivity contribution is 0.0804. The summed E-state index contributed by atoms with van der Waals surface area (Å²) in [5.41, 5.74) is 4.29. The number of fused-ring (bicyclic) bond motifs is 1. The molecule has 0 saturated carbocycles. The Morgan fingerprint density at radius 1 is 1.03 bits per heavy atom. The zero-order valence-corrected chi connectivity index (χ0v) is 16.0. The number of hydrogen-bond acceptors (Lipinski definition) is 6. The van der Waals surface area contributed by atoms with Crippen molar-refractivity contribution < 1.29 is 13.9 Å². The van der Waals surface area contributed by atoms with E-state index in [9.17, 15) is 4.39 Å². The van der Waals surface area contributed by atoms with E-state index in [1.807, 2.05) is 10.7 Å². The van der Waals surface area contributed by atoms with Gasteiger partial charge < -0.3 is 14.8 Å². The Labute approximate surface area is 167 Å². The SMILES string of the molecule is Fc1ccc(-c2nn3c(c2-c2ccnc(NC4CCOCC4)n2)COCC3)cc1. The van der Waals surface area contributed by atoms with Gasteiger partial charge in [-0.2, -0.15) is 5.10 Å². The largest absolute Gasteiger partial charge is 0.381 e. The first-order chi connectivity index (χ1) is 14.3. The molecular formula is C21H22FN5O2. The normalized spacial score (nSPS) is 17.1. The van der Waals surface area contributed by atoms with Gasteiger partial charge >= 0.3 is 0 Å². The molecular weight excluding hydrogens is 373 g/mol. The standard InChI is InChI=1S/C21H22FN5O2/c22-15-3-1-14(2-4-15)20-19(18-13-29-12-9-27(18)26-20)17-5-8-23-21(25-17)24-16-6-10-28-11-7-16/h1-5,8,16H,6-7,9-13H2,(H,23,24,25). The molecule has 1 fully saturated rings. The maximum atomic E-state index is 13.4. The van der Waals surface area contributed by atoms with Crippen molar-refractivity contribution in [2.75, 3.05) is 25.1 Å². The summed E-state index contributed by atoms with van der Waals surface area (Å²) in [6.07, 6.45) is 3.63. The van der Waals surface area contributed by atoms with Gasteiger partial charge in [0.15, 0.2) is 0 Å². The lowest BCUT2D eigenvalue weighted by Crippen LogP contribution is -2.28. The third-order valence-corrected chi connectivity index (χ3v) is 5.33. The zero-order valence-electron chi connectivity index (χ0n) is 16.0. The molecule has 3 aromatic rings. The fourth-order valence-corrected chi connectivity index (χ4v) is 3.82. The van der Waals surface area contributed by atoms with Gasteiger partial charge in [0, 0.05) is 31.0 Å². The van der Waals surface area contributed by atoms with Gasteiger partial charge in [0.25, 0.3) is 0 Å². The average Bonchev–Trinajstić information content (AvgIpc) is 3.15. The van der Waals surface area contributed by atoms with E-state index in [1.165, 1.54) is 12.1 Å². The van der Waals surface area contributed by atoms with Crippen molar-refractivity contribution in [2.45, 2.75) is 32.0 Å². The van der Waals surface area contributed by atoms with Crippen molar-refractivity contribution in [3.8, 4) is 22.5 Å². The molecule has 4 heterocycles. The number of nitrogens with one attached hydrogen (secondary N) is 1. The zero-order chi connectivity index (χ0) is 19.6. The van der Waals surface area contributed by atoms with Crippen LogP contribution in [0.2, 0.25) is 0 Å². The Balaban J connectivity index is 1.55. The molecule has 7 nitrogen and oxygen atoms in total. The summed E-state index contributed by atoms with van der Waals surface area (Å²) in [7, 11) is 0. The van der Waals surface area contributed by atoms with Crippen molar-refractivity contribution in [3.05, 3.63) is 48.0 Å². The molecule has 2 aliphatic rings. The molecule has 0 aliphatic carbocycles. The van der Waals surface area contributed by atoms with Crippen LogP contribution < -0.4 is 5.32 Å². The fourth-order valence-electron chi connectivity index (χ4n) is 3.82. The molecule has 0 bridgehead atoms. The van der Waals surface area contributed by atoms with Crippen LogP contribution in [0, 0.1) is 5.82 Å². The van der Waals surface area contributed by atoms with E-state index < -0.39 is 0 Å². The van der Waals surface area contributed by atoms with Gasteiger partial charge in [-0.05, 0) is 43.2 Å². The molecule has 1 saturated heterocycles. The third kappa shape index (κ3) is 3.73. The molecule has 2 aliphatic heterocycles. The van der Waals surface area contributed by atoms with Crippen LogP contribution in [-0.4, -0.2) is 45.6 Å². The molecule has 29 heavy (non-hydrogen) atoms. The minimum Gasteiger partial charge on any atom is -0.381 e. The number of aromatic nitrogens is 4. The summed E-state index contributed by atoms with van der Waals surface area (Å²) in [5, 5.41) is 8.21. The van der Waals surface area contributed by atoms with Crippen LogP contribution in [0.25, 0.3) is 22.5 Å². The second-order valence-electron chi connectivity index (χ2n) is 7.25. The highest BCUT2D eigenvalue weighted by Gasteiger charge is 2.24. The summed E-state index contributed by atoms with van der Waals surface area (Å²) < 4.78 is 26.5. The van der Waals surface area contributed by atoms with Crippen molar-refractivity contribution in [3.63, 3.8) is 0 Å². The average molecular weight is 395 g/mol. The Kier molecular flexibility index (Phi) is 4.95. The van der Waals surface area contributed by atoms with E-state index in [1.54, 1.807) is 18.3 Å². The van der Waals surface area contributed by atoms with Crippen molar-refractivity contribution in [1.29, 1.82) is 0 Å². The molecule has 5 rings (SSSR count). The van der Waals surface area contributed by atoms with Crippen LogP contribution in [0.4, 0.5) is 10.3 Å². The van der Waals surface area contributed by atoms with E-state index in [2.05, 4.69) is 10.3 Å². The molecule has 0 unspecified atom stereocenters. The van der Waals surface area contributed by atoms with Crippen molar-refractivity contribution in [2.24, 2.45) is 0 Å². The van der Waals surface area contributed by atoms with Crippen LogP contribution >= 0.6 is 0 Å². The monoisotopic (exact) mass is 395 g/mol. The summed E-state index contributed by atoms with van der Waals surface area (Å²) in [6.45, 7) is 3.27. The second-order valence-corrected chi connectivity index (χ2v) is 7.25. The maximum Gasteiger partial charge on any atom is 0.223 e. The van der Waals surface area contributed by atoms with E-state index in [0.29, 0.717) is 31.7 Å². The lowest BCUT2D eigenvalue weighted by atomic mass is 10.0. The lowest BCUT2D eigenvalue weighted by Gasteiger charge is -2.23. The minimum atomic E-state index is -0.271. The van der Waals surface area contributed by atoms with E-state index in [4.69, 9.17) is 19.6 Å². The molecule has 8 heteroatoms. The predicted octanol–water partition coefficient (Wildman–Crippen LogP) is 3.27. The van der Waals surface area contributed by atoms with Gasteiger partial charge in [-0.25, -0.2) is 14.4 Å². The number of ether oxygens (including phenoxy) is 2. The smallest absolute Gasteiger partial charge is 0.223 e. The van der Waals surface area contributed by atoms with Gasteiger partial charge in [0.1, 0.15) is 11.5 Å². The number of nitrogens with zero attached hydrogens (tertiary/aromatic N) is 4. The Morgan fingerprint density at radius 3 is 2.69 bits per heavy atom.